The lowest BCUT2D eigenvalue weighted by Gasteiger charge is -2.26. The zero-order chi connectivity index (χ0) is 16.1. The molecule has 0 fully saturated rings. The SMILES string of the molecule is C=C(C)OC(=O)N[C@@H](CN(C)C)CS(=O)(=O)C(C)(C)C. The first-order chi connectivity index (χ1) is 8.85. The quantitative estimate of drug-likeness (QED) is 0.751. The van der Waals surface area contributed by atoms with Crippen molar-refractivity contribution in [2.45, 2.75) is 38.5 Å². The summed E-state index contributed by atoms with van der Waals surface area (Å²) in [6.07, 6.45) is -0.687. The fraction of sp³-hybridized carbons (Fsp3) is 0.769. The summed E-state index contributed by atoms with van der Waals surface area (Å²) in [6, 6.07) is -0.541. The summed E-state index contributed by atoms with van der Waals surface area (Å²) in [5, 5.41) is 2.57. The average Bonchev–Trinajstić information content (AvgIpc) is 2.10. The monoisotopic (exact) mass is 306 g/mol. The second kappa shape index (κ2) is 7.08. The van der Waals surface area contributed by atoms with Crippen molar-refractivity contribution in [1.82, 2.24) is 10.2 Å². The Morgan fingerprint density at radius 2 is 1.85 bits per heavy atom. The molecule has 0 rings (SSSR count). The van der Waals surface area contributed by atoms with E-state index in [1.807, 2.05) is 19.0 Å². The van der Waals surface area contributed by atoms with Crippen LogP contribution in [0.5, 0.6) is 0 Å². The predicted octanol–water partition coefficient (Wildman–Crippen LogP) is 1.39. The summed E-state index contributed by atoms with van der Waals surface area (Å²) < 4.78 is 28.4. The minimum atomic E-state index is -3.34. The van der Waals surface area contributed by atoms with Gasteiger partial charge in [-0.25, -0.2) is 13.2 Å². The normalized spacial score (nSPS) is 13.9. The lowest BCUT2D eigenvalue weighted by molar-refractivity contribution is 0.170. The molecule has 0 bridgehead atoms. The molecule has 0 heterocycles. The molecule has 118 valence electrons. The van der Waals surface area contributed by atoms with Crippen LogP contribution in [-0.4, -0.2) is 56.6 Å². The first-order valence-corrected chi connectivity index (χ1v) is 8.01. The molecule has 0 aromatic rings. The van der Waals surface area contributed by atoms with Crippen molar-refractivity contribution in [2.24, 2.45) is 0 Å². The highest BCUT2D eigenvalue weighted by Crippen LogP contribution is 2.17. The molecule has 0 saturated carbocycles. The molecule has 1 amide bonds. The number of alkyl carbamates (subject to hydrolysis) is 1. The maximum absolute atomic E-state index is 12.2. The van der Waals surface area contributed by atoms with Crippen molar-refractivity contribution in [3.05, 3.63) is 12.3 Å². The summed E-state index contributed by atoms with van der Waals surface area (Å²) in [5.74, 6) is 0.116. The van der Waals surface area contributed by atoms with Crippen LogP contribution in [0.2, 0.25) is 0 Å². The Labute approximate surface area is 122 Å². The van der Waals surface area contributed by atoms with E-state index in [0.717, 1.165) is 0 Å². The number of rotatable bonds is 6. The first kappa shape index (κ1) is 18.9. The van der Waals surface area contributed by atoms with Gasteiger partial charge in [0.25, 0.3) is 0 Å². The number of hydrogen-bond acceptors (Lipinski definition) is 5. The Bertz CT molecular complexity index is 449. The molecule has 0 aromatic heterocycles. The molecule has 0 saturated heterocycles. The number of ether oxygens (including phenoxy) is 1. The van der Waals surface area contributed by atoms with E-state index in [9.17, 15) is 13.2 Å². The Morgan fingerprint density at radius 3 is 2.20 bits per heavy atom. The lowest BCUT2D eigenvalue weighted by Crippen LogP contribution is -2.48. The molecular formula is C13H26N2O4S. The fourth-order valence-corrected chi connectivity index (χ4v) is 2.67. The lowest BCUT2D eigenvalue weighted by atomic mass is 10.3. The second-order valence-corrected chi connectivity index (χ2v) is 8.88. The zero-order valence-electron chi connectivity index (χ0n) is 13.2. The smallest absolute Gasteiger partial charge is 0.412 e. The number of amides is 1. The number of nitrogens with one attached hydrogen (secondary N) is 1. The number of hydrogen-bond donors (Lipinski definition) is 1. The van der Waals surface area contributed by atoms with E-state index in [1.54, 1.807) is 27.7 Å². The standard InChI is InChI=1S/C13H26N2O4S/c1-10(2)19-12(16)14-11(8-15(6)7)9-20(17,18)13(3,4)5/h11H,1,8-9H2,2-7H3,(H,14,16)/t11-/m0/s1. The molecule has 0 aliphatic rings. The molecule has 0 spiro atoms. The topological polar surface area (TPSA) is 75.7 Å². The van der Waals surface area contributed by atoms with Crippen LogP contribution in [0, 0.1) is 0 Å². The van der Waals surface area contributed by atoms with E-state index >= 15 is 0 Å². The maximum Gasteiger partial charge on any atom is 0.412 e. The Balaban J connectivity index is 4.91. The van der Waals surface area contributed by atoms with E-state index in [-0.39, 0.29) is 11.5 Å². The van der Waals surface area contributed by atoms with Crippen LogP contribution in [0.1, 0.15) is 27.7 Å². The van der Waals surface area contributed by atoms with Crippen LogP contribution < -0.4 is 5.32 Å². The van der Waals surface area contributed by atoms with Gasteiger partial charge in [0.2, 0.25) is 0 Å². The number of carbonyl (C=O) groups is 1. The molecule has 20 heavy (non-hydrogen) atoms. The van der Waals surface area contributed by atoms with Crippen molar-refractivity contribution < 1.29 is 17.9 Å². The van der Waals surface area contributed by atoms with Gasteiger partial charge in [-0.05, 0) is 41.8 Å². The van der Waals surface area contributed by atoms with Gasteiger partial charge in [0.1, 0.15) is 0 Å². The van der Waals surface area contributed by atoms with Gasteiger partial charge >= 0.3 is 6.09 Å². The summed E-state index contributed by atoms with van der Waals surface area (Å²) >= 11 is 0. The van der Waals surface area contributed by atoms with Gasteiger partial charge in [-0.3, -0.25) is 0 Å². The van der Waals surface area contributed by atoms with Gasteiger partial charge in [0, 0.05) is 6.54 Å². The van der Waals surface area contributed by atoms with Gasteiger partial charge in [-0.15, -0.1) is 0 Å². The highest BCUT2D eigenvalue weighted by molar-refractivity contribution is 7.92. The molecule has 1 N–H and O–H groups in total. The first-order valence-electron chi connectivity index (χ1n) is 6.36. The minimum absolute atomic E-state index is 0.139. The minimum Gasteiger partial charge on any atom is -0.416 e. The Hall–Kier alpha value is -1.08. The molecule has 0 radical (unpaired) electrons. The van der Waals surface area contributed by atoms with Gasteiger partial charge in [-0.1, -0.05) is 6.58 Å². The van der Waals surface area contributed by atoms with Gasteiger partial charge in [0.05, 0.1) is 22.3 Å². The molecule has 7 heteroatoms. The predicted molar refractivity (Wildman–Crippen MR) is 80.3 cm³/mol. The van der Waals surface area contributed by atoms with Crippen LogP contribution in [-0.2, 0) is 14.6 Å². The number of likely N-dealkylation sites (N-methyl/N-ethyl adjacent to an activating group) is 1. The molecule has 0 aliphatic heterocycles. The van der Waals surface area contributed by atoms with Gasteiger partial charge < -0.3 is 15.0 Å². The second-order valence-electron chi connectivity index (χ2n) is 6.09. The van der Waals surface area contributed by atoms with Crippen LogP contribution in [0.15, 0.2) is 12.3 Å². The summed E-state index contributed by atoms with van der Waals surface area (Å²) in [4.78, 5) is 13.4. The van der Waals surface area contributed by atoms with E-state index in [1.165, 1.54) is 0 Å². The van der Waals surface area contributed by atoms with E-state index in [4.69, 9.17) is 4.74 Å². The van der Waals surface area contributed by atoms with Crippen molar-refractivity contribution >= 4 is 15.9 Å². The van der Waals surface area contributed by atoms with E-state index < -0.39 is 26.7 Å². The molecule has 6 nitrogen and oxygen atoms in total. The fourth-order valence-electron chi connectivity index (χ4n) is 1.45. The largest absolute Gasteiger partial charge is 0.416 e. The van der Waals surface area contributed by atoms with Gasteiger partial charge in [-0.2, -0.15) is 0 Å². The third kappa shape index (κ3) is 6.91. The zero-order valence-corrected chi connectivity index (χ0v) is 14.0. The molecular weight excluding hydrogens is 280 g/mol. The van der Waals surface area contributed by atoms with Crippen molar-refractivity contribution in [3.8, 4) is 0 Å². The van der Waals surface area contributed by atoms with Crippen LogP contribution in [0.4, 0.5) is 4.79 Å². The Morgan fingerprint density at radius 1 is 1.35 bits per heavy atom. The number of nitrogens with zero attached hydrogens (tertiary/aromatic N) is 1. The molecule has 0 unspecified atom stereocenters. The van der Waals surface area contributed by atoms with Crippen LogP contribution in [0.25, 0.3) is 0 Å². The highest BCUT2D eigenvalue weighted by atomic mass is 32.2. The number of carbonyl (C=O) groups excluding carboxylic acids is 1. The highest BCUT2D eigenvalue weighted by Gasteiger charge is 2.32. The number of sulfone groups is 1. The van der Waals surface area contributed by atoms with Crippen molar-refractivity contribution in [2.75, 3.05) is 26.4 Å². The van der Waals surface area contributed by atoms with Crippen molar-refractivity contribution in [3.63, 3.8) is 0 Å². The summed E-state index contributed by atoms with van der Waals surface area (Å²) in [6.45, 7) is 10.3. The third-order valence-corrected chi connectivity index (χ3v) is 5.24. The molecule has 0 aromatic carbocycles. The summed E-state index contributed by atoms with van der Waals surface area (Å²) in [7, 11) is 0.280. The average molecular weight is 306 g/mol. The molecule has 0 aliphatic carbocycles. The summed E-state index contributed by atoms with van der Waals surface area (Å²) in [5.41, 5.74) is 0. The van der Waals surface area contributed by atoms with Crippen molar-refractivity contribution in [1.29, 1.82) is 0 Å². The molecule has 1 atom stereocenters. The van der Waals surface area contributed by atoms with Crippen LogP contribution in [0.3, 0.4) is 0 Å². The number of allylic oxidation sites excluding steroid dienone is 1. The van der Waals surface area contributed by atoms with Gasteiger partial charge in [0.15, 0.2) is 9.84 Å². The van der Waals surface area contributed by atoms with E-state index in [2.05, 4.69) is 11.9 Å². The maximum atomic E-state index is 12.2. The Kier molecular flexibility index (Phi) is 6.70. The third-order valence-electron chi connectivity index (χ3n) is 2.53. The van der Waals surface area contributed by atoms with Crippen LogP contribution >= 0.6 is 0 Å². The van der Waals surface area contributed by atoms with E-state index in [0.29, 0.717) is 6.54 Å².